The Kier molecular flexibility index (Phi) is 2.32. The van der Waals surface area contributed by atoms with E-state index in [1.54, 1.807) is 12.1 Å². The van der Waals surface area contributed by atoms with Crippen molar-refractivity contribution in [1.29, 1.82) is 0 Å². The number of carbonyl (C=O) groups excluding carboxylic acids is 2. The van der Waals surface area contributed by atoms with E-state index in [4.69, 9.17) is 0 Å². The quantitative estimate of drug-likeness (QED) is 0.344. The Morgan fingerprint density at radius 2 is 2.36 bits per heavy atom. The molecule has 4 nitrogen and oxygen atoms in total. The molecule has 4 heteroatoms. The highest BCUT2D eigenvalue weighted by Crippen LogP contribution is 2.01. The zero-order valence-corrected chi connectivity index (χ0v) is 5.56. The fourth-order valence-electron chi connectivity index (χ4n) is 0.535. The predicted octanol–water partition coefficient (Wildman–Crippen LogP) is 0.186. The zero-order chi connectivity index (χ0) is 8.10. The van der Waals surface area contributed by atoms with Crippen LogP contribution in [0.1, 0.15) is 0 Å². The van der Waals surface area contributed by atoms with E-state index in [-0.39, 0.29) is 12.2 Å². The summed E-state index contributed by atoms with van der Waals surface area (Å²) >= 11 is 0. The third kappa shape index (κ3) is 2.17. The van der Waals surface area contributed by atoms with Crippen molar-refractivity contribution in [2.45, 2.75) is 0 Å². The van der Waals surface area contributed by atoms with Crippen molar-refractivity contribution in [2.75, 3.05) is 0 Å². The molecular weight excluding hydrogens is 146 g/mol. The highest BCUT2D eigenvalue weighted by Gasteiger charge is 2.00. The number of hydrogen-bond donors (Lipinski definition) is 0. The van der Waals surface area contributed by atoms with Gasteiger partial charge < -0.3 is 4.74 Å². The molecule has 0 bridgehead atoms. The highest BCUT2D eigenvalue weighted by atomic mass is 16.5. The normalized spacial score (nSPS) is 8.73. The fraction of sp³-hybridized carbons (Fsp3) is 0. The van der Waals surface area contributed by atoms with Gasteiger partial charge in [-0.25, -0.2) is 9.78 Å². The Balaban J connectivity index is 2.65. The smallest absolute Gasteiger partial charge is 0.378 e. The highest BCUT2D eigenvalue weighted by molar-refractivity contribution is 6.21. The van der Waals surface area contributed by atoms with E-state index < -0.39 is 5.97 Å². The number of nitrogens with zero attached hydrogens (tertiary/aromatic N) is 1. The van der Waals surface area contributed by atoms with Gasteiger partial charge in [-0.3, -0.25) is 4.79 Å². The number of carbonyl (C=O) groups is 2. The van der Waals surface area contributed by atoms with Gasteiger partial charge in [-0.15, -0.1) is 0 Å². The first-order valence-corrected chi connectivity index (χ1v) is 2.91. The average molecular weight is 151 g/mol. The van der Waals surface area contributed by atoms with Crippen molar-refractivity contribution in [2.24, 2.45) is 0 Å². The molecule has 0 spiro atoms. The summed E-state index contributed by atoms with van der Waals surface area (Å²) in [5, 5.41) is 0. The van der Waals surface area contributed by atoms with Crippen molar-refractivity contribution < 1.29 is 14.3 Å². The van der Waals surface area contributed by atoms with Crippen LogP contribution >= 0.6 is 0 Å². The number of aldehydes is 1. The van der Waals surface area contributed by atoms with Gasteiger partial charge in [0.15, 0.2) is 0 Å². The molecule has 0 radical (unpaired) electrons. The number of rotatable bonds is 2. The van der Waals surface area contributed by atoms with E-state index in [0.29, 0.717) is 0 Å². The van der Waals surface area contributed by atoms with E-state index in [0.717, 1.165) is 0 Å². The molecule has 0 aliphatic carbocycles. The predicted molar refractivity (Wildman–Crippen MR) is 35.9 cm³/mol. The molecule has 56 valence electrons. The molecule has 0 saturated carbocycles. The Morgan fingerprint density at radius 3 is 2.91 bits per heavy atom. The minimum absolute atomic E-state index is 0.0919. The molecule has 0 N–H and O–H groups in total. The number of esters is 1. The van der Waals surface area contributed by atoms with Crippen LogP contribution in [0.5, 0.6) is 5.88 Å². The summed E-state index contributed by atoms with van der Waals surface area (Å²) in [6.45, 7) is 0. The lowest BCUT2D eigenvalue weighted by atomic mass is 10.5. The van der Waals surface area contributed by atoms with Gasteiger partial charge in [-0.05, 0) is 6.07 Å². The first kappa shape index (κ1) is 7.40. The maximum Gasteiger partial charge on any atom is 0.378 e. The maximum atomic E-state index is 10.4. The topological polar surface area (TPSA) is 56.3 Å². The van der Waals surface area contributed by atoms with Crippen molar-refractivity contribution in [3.05, 3.63) is 24.4 Å². The lowest BCUT2D eigenvalue weighted by molar-refractivity contribution is -0.141. The summed E-state index contributed by atoms with van der Waals surface area (Å²) in [6, 6.07) is 4.82. The fourth-order valence-corrected chi connectivity index (χ4v) is 0.535. The van der Waals surface area contributed by atoms with Crippen LogP contribution < -0.4 is 4.74 Å². The number of pyridine rings is 1. The van der Waals surface area contributed by atoms with Gasteiger partial charge in [0.2, 0.25) is 12.2 Å². The summed E-state index contributed by atoms with van der Waals surface area (Å²) in [5.74, 6) is -0.812. The molecule has 11 heavy (non-hydrogen) atoms. The standard InChI is InChI=1S/C7H5NO3/c9-5-7(10)11-6-3-1-2-4-8-6/h1-5H. The average Bonchev–Trinajstić information content (AvgIpc) is 2.06. The summed E-state index contributed by atoms with van der Waals surface area (Å²) in [5.41, 5.74) is 0. The lowest BCUT2D eigenvalue weighted by Crippen LogP contribution is -2.09. The van der Waals surface area contributed by atoms with Gasteiger partial charge in [0.25, 0.3) is 0 Å². The van der Waals surface area contributed by atoms with Crippen LogP contribution in [-0.4, -0.2) is 17.2 Å². The van der Waals surface area contributed by atoms with Crippen molar-refractivity contribution in [1.82, 2.24) is 4.98 Å². The minimum Gasteiger partial charge on any atom is -0.402 e. The molecule has 0 fully saturated rings. The van der Waals surface area contributed by atoms with E-state index in [1.807, 2.05) is 0 Å². The largest absolute Gasteiger partial charge is 0.402 e. The molecule has 1 aromatic rings. The minimum atomic E-state index is -0.941. The van der Waals surface area contributed by atoms with E-state index >= 15 is 0 Å². The zero-order valence-electron chi connectivity index (χ0n) is 5.56. The number of ether oxygens (including phenoxy) is 1. The molecule has 0 aliphatic rings. The van der Waals surface area contributed by atoms with E-state index in [2.05, 4.69) is 9.72 Å². The molecule has 0 atom stereocenters. The van der Waals surface area contributed by atoms with Crippen molar-refractivity contribution >= 4 is 12.3 Å². The molecule has 1 aromatic heterocycles. The summed E-state index contributed by atoms with van der Waals surface area (Å²) in [7, 11) is 0. The Bertz CT molecular complexity index is 258. The molecule has 0 unspecified atom stereocenters. The first-order valence-electron chi connectivity index (χ1n) is 2.91. The summed E-state index contributed by atoms with van der Waals surface area (Å²) in [4.78, 5) is 23.8. The Hall–Kier alpha value is -1.71. The van der Waals surface area contributed by atoms with Crippen molar-refractivity contribution in [3.8, 4) is 5.88 Å². The third-order valence-corrected chi connectivity index (χ3v) is 0.939. The number of hydrogen-bond acceptors (Lipinski definition) is 4. The van der Waals surface area contributed by atoms with Gasteiger partial charge >= 0.3 is 5.97 Å². The van der Waals surface area contributed by atoms with Gasteiger partial charge in [-0.2, -0.15) is 0 Å². The Labute approximate surface area is 62.8 Å². The molecule has 0 amide bonds. The SMILES string of the molecule is O=CC(=O)Oc1ccccn1. The van der Waals surface area contributed by atoms with Crippen LogP contribution in [0.4, 0.5) is 0 Å². The molecule has 0 aliphatic heterocycles. The lowest BCUT2D eigenvalue weighted by Gasteiger charge is -1.95. The number of aromatic nitrogens is 1. The van der Waals surface area contributed by atoms with Gasteiger partial charge in [0, 0.05) is 12.3 Å². The molecule has 0 saturated heterocycles. The summed E-state index contributed by atoms with van der Waals surface area (Å²) in [6.07, 6.45) is 1.56. The third-order valence-electron chi connectivity index (χ3n) is 0.939. The van der Waals surface area contributed by atoms with Gasteiger partial charge in [-0.1, -0.05) is 6.07 Å². The molecular formula is C7H5NO3. The van der Waals surface area contributed by atoms with Crippen LogP contribution in [0.3, 0.4) is 0 Å². The monoisotopic (exact) mass is 151 g/mol. The van der Waals surface area contributed by atoms with Gasteiger partial charge in [0.05, 0.1) is 0 Å². The van der Waals surface area contributed by atoms with Crippen molar-refractivity contribution in [3.63, 3.8) is 0 Å². The van der Waals surface area contributed by atoms with Gasteiger partial charge in [0.1, 0.15) is 0 Å². The van der Waals surface area contributed by atoms with E-state index in [1.165, 1.54) is 12.3 Å². The van der Waals surface area contributed by atoms with Crippen LogP contribution in [0.25, 0.3) is 0 Å². The van der Waals surface area contributed by atoms with E-state index in [9.17, 15) is 9.59 Å². The van der Waals surface area contributed by atoms with Crippen LogP contribution in [0.2, 0.25) is 0 Å². The molecule has 1 rings (SSSR count). The second kappa shape index (κ2) is 3.46. The van der Waals surface area contributed by atoms with Crippen LogP contribution in [-0.2, 0) is 9.59 Å². The van der Waals surface area contributed by atoms with Crippen LogP contribution in [0, 0.1) is 0 Å². The van der Waals surface area contributed by atoms with Crippen LogP contribution in [0.15, 0.2) is 24.4 Å². The molecule has 0 aromatic carbocycles. The summed E-state index contributed by atoms with van der Waals surface area (Å²) < 4.78 is 4.45. The Morgan fingerprint density at radius 1 is 1.55 bits per heavy atom. The maximum absolute atomic E-state index is 10.4. The second-order valence-electron chi connectivity index (χ2n) is 1.71. The first-order chi connectivity index (χ1) is 5.33. The second-order valence-corrected chi connectivity index (χ2v) is 1.71. The molecule has 1 heterocycles.